The maximum absolute atomic E-state index is 9.10. The van der Waals surface area contributed by atoms with Crippen LogP contribution in [0.25, 0.3) is 0 Å². The molecule has 0 spiro atoms. The Hall–Kier alpha value is -1.35. The summed E-state index contributed by atoms with van der Waals surface area (Å²) in [7, 11) is 0. The van der Waals surface area contributed by atoms with Gasteiger partial charge in [0.25, 0.3) is 0 Å². The van der Waals surface area contributed by atoms with Crippen molar-refractivity contribution in [2.24, 2.45) is 0 Å². The van der Waals surface area contributed by atoms with Gasteiger partial charge in [-0.1, -0.05) is 19.1 Å². The lowest BCUT2D eigenvalue weighted by molar-refractivity contribution is -0.159. The number of hydrogen-bond acceptors (Lipinski definition) is 4. The quantitative estimate of drug-likeness (QED) is 0.379. The first-order valence-electron chi connectivity index (χ1n) is 6.45. The standard InChI is InChI=1S/C12H18INO.C2H2O4/c1-3-10(2)14-8-9-15-12-7-5-4-6-11(12)13;3-1(4)2(5)6/h4-7,10,14H,3,8-9H2,1-2H3;(H,3,4)(H,5,6). The number of rotatable bonds is 6. The van der Waals surface area contributed by atoms with Crippen LogP contribution in [0.15, 0.2) is 24.3 Å². The van der Waals surface area contributed by atoms with Crippen LogP contribution in [0.5, 0.6) is 5.75 Å². The van der Waals surface area contributed by atoms with Gasteiger partial charge in [-0.05, 0) is 48.1 Å². The minimum Gasteiger partial charge on any atom is -0.491 e. The highest BCUT2D eigenvalue weighted by molar-refractivity contribution is 14.1. The van der Waals surface area contributed by atoms with Gasteiger partial charge in [0.15, 0.2) is 0 Å². The van der Waals surface area contributed by atoms with Crippen molar-refractivity contribution in [2.45, 2.75) is 26.3 Å². The fraction of sp³-hybridized carbons (Fsp3) is 0.429. The Labute approximate surface area is 137 Å². The van der Waals surface area contributed by atoms with Crippen molar-refractivity contribution in [2.75, 3.05) is 13.2 Å². The van der Waals surface area contributed by atoms with Crippen molar-refractivity contribution >= 4 is 34.5 Å². The summed E-state index contributed by atoms with van der Waals surface area (Å²) < 4.78 is 6.83. The molecule has 1 atom stereocenters. The second kappa shape index (κ2) is 11.3. The minimum atomic E-state index is -1.82. The SMILES string of the molecule is CCC(C)NCCOc1ccccc1I.O=C(O)C(=O)O. The zero-order valence-electron chi connectivity index (χ0n) is 12.0. The highest BCUT2D eigenvalue weighted by atomic mass is 127. The fourth-order valence-corrected chi connectivity index (χ4v) is 1.72. The van der Waals surface area contributed by atoms with Crippen LogP contribution in [0, 0.1) is 3.57 Å². The number of carboxylic acid groups (broad SMARTS) is 2. The van der Waals surface area contributed by atoms with E-state index in [1.807, 2.05) is 18.2 Å². The molecule has 0 saturated heterocycles. The fourth-order valence-electron chi connectivity index (χ4n) is 1.17. The van der Waals surface area contributed by atoms with Crippen LogP contribution in [0.2, 0.25) is 0 Å². The molecule has 3 N–H and O–H groups in total. The first-order valence-corrected chi connectivity index (χ1v) is 7.53. The summed E-state index contributed by atoms with van der Waals surface area (Å²) in [4.78, 5) is 18.2. The minimum absolute atomic E-state index is 0.573. The second-order valence-corrected chi connectivity index (χ2v) is 5.31. The molecule has 118 valence electrons. The molecule has 0 aliphatic heterocycles. The highest BCUT2D eigenvalue weighted by Crippen LogP contribution is 2.19. The molecule has 0 aromatic heterocycles. The largest absolute Gasteiger partial charge is 0.491 e. The van der Waals surface area contributed by atoms with Gasteiger partial charge in [0.05, 0.1) is 3.57 Å². The first kappa shape index (κ1) is 19.7. The number of aliphatic carboxylic acids is 2. The molecule has 1 unspecified atom stereocenters. The number of carboxylic acids is 2. The average Bonchev–Trinajstić information content (AvgIpc) is 2.45. The Morgan fingerprint density at radius 1 is 1.29 bits per heavy atom. The maximum Gasteiger partial charge on any atom is 0.414 e. The Kier molecular flexibility index (Phi) is 10.6. The van der Waals surface area contributed by atoms with Gasteiger partial charge in [-0.25, -0.2) is 9.59 Å². The van der Waals surface area contributed by atoms with Crippen molar-refractivity contribution < 1.29 is 24.5 Å². The Morgan fingerprint density at radius 2 is 1.86 bits per heavy atom. The van der Waals surface area contributed by atoms with Crippen LogP contribution >= 0.6 is 22.6 Å². The molecule has 0 saturated carbocycles. The Bertz CT molecular complexity index is 441. The van der Waals surface area contributed by atoms with E-state index in [0.717, 1.165) is 25.3 Å². The molecular formula is C14H20INO5. The number of para-hydroxylation sites is 1. The number of hydrogen-bond donors (Lipinski definition) is 3. The predicted molar refractivity (Wildman–Crippen MR) is 87.7 cm³/mol. The number of benzene rings is 1. The van der Waals surface area contributed by atoms with E-state index in [1.165, 1.54) is 3.57 Å². The lowest BCUT2D eigenvalue weighted by atomic mass is 10.3. The number of ether oxygens (including phenoxy) is 1. The summed E-state index contributed by atoms with van der Waals surface area (Å²) in [6.07, 6.45) is 1.16. The van der Waals surface area contributed by atoms with Crippen molar-refractivity contribution in [1.82, 2.24) is 5.32 Å². The van der Waals surface area contributed by atoms with Crippen LogP contribution in [0.1, 0.15) is 20.3 Å². The van der Waals surface area contributed by atoms with E-state index in [4.69, 9.17) is 24.5 Å². The summed E-state index contributed by atoms with van der Waals surface area (Å²) in [6.45, 7) is 6.00. The molecule has 7 heteroatoms. The molecule has 1 rings (SSSR count). The van der Waals surface area contributed by atoms with Gasteiger partial charge >= 0.3 is 11.9 Å². The van der Waals surface area contributed by atoms with Crippen LogP contribution in [-0.4, -0.2) is 41.3 Å². The predicted octanol–water partition coefficient (Wildman–Crippen LogP) is 2.21. The zero-order chi connectivity index (χ0) is 16.3. The first-order chi connectivity index (χ1) is 9.88. The number of carbonyl (C=O) groups is 2. The number of halogens is 1. The molecule has 1 aromatic carbocycles. The van der Waals surface area contributed by atoms with Crippen LogP contribution < -0.4 is 10.1 Å². The second-order valence-electron chi connectivity index (χ2n) is 4.15. The smallest absolute Gasteiger partial charge is 0.414 e. The summed E-state index contributed by atoms with van der Waals surface area (Å²) in [5, 5.41) is 18.2. The van der Waals surface area contributed by atoms with Gasteiger partial charge in [0.1, 0.15) is 12.4 Å². The van der Waals surface area contributed by atoms with E-state index < -0.39 is 11.9 Å². The molecule has 6 nitrogen and oxygen atoms in total. The van der Waals surface area contributed by atoms with Gasteiger partial charge in [0, 0.05) is 12.6 Å². The lowest BCUT2D eigenvalue weighted by Gasteiger charge is -2.12. The lowest BCUT2D eigenvalue weighted by Crippen LogP contribution is -2.29. The van der Waals surface area contributed by atoms with Gasteiger partial charge in [-0.15, -0.1) is 0 Å². The summed E-state index contributed by atoms with van der Waals surface area (Å²) in [5.74, 6) is -2.67. The van der Waals surface area contributed by atoms with Gasteiger partial charge < -0.3 is 20.3 Å². The average molecular weight is 409 g/mol. The van der Waals surface area contributed by atoms with Crippen LogP contribution in [-0.2, 0) is 9.59 Å². The molecule has 0 fully saturated rings. The van der Waals surface area contributed by atoms with E-state index in [-0.39, 0.29) is 0 Å². The monoisotopic (exact) mass is 409 g/mol. The Morgan fingerprint density at radius 3 is 2.33 bits per heavy atom. The number of nitrogens with one attached hydrogen (secondary N) is 1. The maximum atomic E-state index is 9.10. The van der Waals surface area contributed by atoms with E-state index in [1.54, 1.807) is 0 Å². The third-order valence-electron chi connectivity index (χ3n) is 2.48. The van der Waals surface area contributed by atoms with Gasteiger partial charge in [0.2, 0.25) is 0 Å². The summed E-state index contributed by atoms with van der Waals surface area (Å²) in [6, 6.07) is 8.65. The molecule has 1 aromatic rings. The van der Waals surface area contributed by atoms with E-state index in [9.17, 15) is 0 Å². The molecular weight excluding hydrogens is 389 g/mol. The Balaban J connectivity index is 0.000000567. The topological polar surface area (TPSA) is 95.9 Å². The van der Waals surface area contributed by atoms with Gasteiger partial charge in [-0.3, -0.25) is 0 Å². The molecule has 0 bridgehead atoms. The molecule has 0 aliphatic rings. The van der Waals surface area contributed by atoms with E-state index in [2.05, 4.69) is 47.8 Å². The van der Waals surface area contributed by atoms with Crippen molar-refractivity contribution in [3.05, 3.63) is 27.8 Å². The van der Waals surface area contributed by atoms with Crippen LogP contribution in [0.4, 0.5) is 0 Å². The third kappa shape index (κ3) is 10.1. The van der Waals surface area contributed by atoms with Crippen LogP contribution in [0.3, 0.4) is 0 Å². The van der Waals surface area contributed by atoms with Crippen molar-refractivity contribution in [3.8, 4) is 5.75 Å². The molecule has 0 amide bonds. The molecule has 0 radical (unpaired) electrons. The highest BCUT2D eigenvalue weighted by Gasteiger charge is 2.04. The molecule has 0 heterocycles. The van der Waals surface area contributed by atoms with Crippen molar-refractivity contribution in [3.63, 3.8) is 0 Å². The normalized spacial score (nSPS) is 11.0. The zero-order valence-corrected chi connectivity index (χ0v) is 14.2. The van der Waals surface area contributed by atoms with Gasteiger partial charge in [-0.2, -0.15) is 0 Å². The summed E-state index contributed by atoms with van der Waals surface area (Å²) >= 11 is 2.29. The third-order valence-corrected chi connectivity index (χ3v) is 3.38. The van der Waals surface area contributed by atoms with E-state index >= 15 is 0 Å². The molecule has 0 aliphatic carbocycles. The van der Waals surface area contributed by atoms with Crippen molar-refractivity contribution in [1.29, 1.82) is 0 Å². The molecule has 21 heavy (non-hydrogen) atoms. The van der Waals surface area contributed by atoms with E-state index in [0.29, 0.717) is 6.04 Å². The summed E-state index contributed by atoms with van der Waals surface area (Å²) in [5.41, 5.74) is 0.